The lowest BCUT2D eigenvalue weighted by molar-refractivity contribution is 0.0977. The minimum absolute atomic E-state index is 0.159. The molecule has 2 aromatic rings. The van der Waals surface area contributed by atoms with Crippen molar-refractivity contribution in [2.75, 3.05) is 18.6 Å². The van der Waals surface area contributed by atoms with Crippen LogP contribution in [0.5, 0.6) is 5.75 Å². The Labute approximate surface area is 115 Å². The van der Waals surface area contributed by atoms with Crippen molar-refractivity contribution >= 4 is 22.9 Å². The molecule has 0 amide bonds. The molecule has 1 aliphatic rings. The average Bonchev–Trinajstić information content (AvgIpc) is 2.46. The first-order valence-electron chi connectivity index (χ1n) is 6.00. The van der Waals surface area contributed by atoms with Crippen molar-refractivity contribution < 1.29 is 14.3 Å². The van der Waals surface area contributed by atoms with Crippen molar-refractivity contribution in [3.63, 3.8) is 0 Å². The van der Waals surface area contributed by atoms with Gasteiger partial charge in [0.15, 0.2) is 11.6 Å². The molecule has 3 rings (SSSR count). The number of carbonyl (C=O) groups is 2. The van der Waals surface area contributed by atoms with E-state index in [9.17, 15) is 9.59 Å². The number of rotatable bonds is 1. The molecule has 20 heavy (non-hydrogen) atoms. The highest BCUT2D eigenvalue weighted by Crippen LogP contribution is 2.37. The van der Waals surface area contributed by atoms with Crippen molar-refractivity contribution in [2.24, 2.45) is 0 Å². The summed E-state index contributed by atoms with van der Waals surface area (Å²) in [7, 11) is 1.45. The number of nitrogens with two attached hydrogens (primary N) is 2. The van der Waals surface area contributed by atoms with Gasteiger partial charge in [0.05, 0.1) is 23.8 Å². The van der Waals surface area contributed by atoms with Crippen molar-refractivity contribution in [1.82, 2.24) is 0 Å². The molecule has 0 heterocycles. The van der Waals surface area contributed by atoms with E-state index in [0.29, 0.717) is 11.3 Å². The fourth-order valence-electron chi connectivity index (χ4n) is 2.51. The van der Waals surface area contributed by atoms with Crippen molar-refractivity contribution in [2.45, 2.75) is 0 Å². The van der Waals surface area contributed by atoms with Crippen LogP contribution in [0.3, 0.4) is 0 Å². The Morgan fingerprint density at radius 1 is 0.850 bits per heavy atom. The SMILES string of the molecule is COc1cccc2c1C(=O)c1c(N)ccc(N)c1C2=O. The second-order valence-corrected chi connectivity index (χ2v) is 4.54. The first-order chi connectivity index (χ1) is 9.56. The van der Waals surface area contributed by atoms with E-state index in [1.54, 1.807) is 18.2 Å². The maximum atomic E-state index is 12.6. The van der Waals surface area contributed by atoms with Crippen LogP contribution in [-0.2, 0) is 0 Å². The van der Waals surface area contributed by atoms with Crippen LogP contribution in [0.15, 0.2) is 30.3 Å². The first-order valence-corrected chi connectivity index (χ1v) is 6.00. The van der Waals surface area contributed by atoms with Crippen LogP contribution in [0.25, 0.3) is 0 Å². The van der Waals surface area contributed by atoms with Gasteiger partial charge in [0, 0.05) is 16.9 Å². The zero-order chi connectivity index (χ0) is 14.4. The van der Waals surface area contributed by atoms with Crippen molar-refractivity contribution in [3.8, 4) is 5.75 Å². The average molecular weight is 268 g/mol. The molecule has 0 atom stereocenters. The summed E-state index contributed by atoms with van der Waals surface area (Å²) in [6.07, 6.45) is 0. The Kier molecular flexibility index (Phi) is 2.50. The zero-order valence-corrected chi connectivity index (χ0v) is 10.8. The fourth-order valence-corrected chi connectivity index (χ4v) is 2.51. The number of hydrogen-bond donors (Lipinski definition) is 2. The second kappa shape index (κ2) is 4.09. The van der Waals surface area contributed by atoms with E-state index >= 15 is 0 Å². The number of methoxy groups -OCH3 is 1. The number of benzene rings is 2. The van der Waals surface area contributed by atoms with Crippen molar-refractivity contribution in [1.29, 1.82) is 0 Å². The summed E-state index contributed by atoms with van der Waals surface area (Å²) >= 11 is 0. The van der Waals surface area contributed by atoms with E-state index in [0.717, 1.165) is 0 Å². The molecule has 1 aliphatic carbocycles. The third-order valence-corrected chi connectivity index (χ3v) is 3.44. The third-order valence-electron chi connectivity index (χ3n) is 3.44. The summed E-state index contributed by atoms with van der Waals surface area (Å²) in [6.45, 7) is 0. The molecule has 0 fully saturated rings. The van der Waals surface area contributed by atoms with Gasteiger partial charge in [0.25, 0.3) is 0 Å². The molecule has 5 heteroatoms. The van der Waals surface area contributed by atoms with E-state index in [-0.39, 0.29) is 39.6 Å². The van der Waals surface area contributed by atoms with E-state index < -0.39 is 0 Å². The van der Waals surface area contributed by atoms with Gasteiger partial charge in [0.2, 0.25) is 0 Å². The third kappa shape index (κ3) is 1.43. The second-order valence-electron chi connectivity index (χ2n) is 4.54. The summed E-state index contributed by atoms with van der Waals surface area (Å²) in [5, 5.41) is 0. The van der Waals surface area contributed by atoms with Crippen LogP contribution in [0, 0.1) is 0 Å². The lowest BCUT2D eigenvalue weighted by Crippen LogP contribution is -2.24. The Balaban J connectivity index is 2.40. The van der Waals surface area contributed by atoms with Gasteiger partial charge in [-0.1, -0.05) is 12.1 Å². The minimum atomic E-state index is -0.336. The smallest absolute Gasteiger partial charge is 0.200 e. The molecule has 0 bridgehead atoms. The van der Waals surface area contributed by atoms with Crippen LogP contribution in [0.2, 0.25) is 0 Å². The van der Waals surface area contributed by atoms with E-state index in [4.69, 9.17) is 16.2 Å². The fraction of sp³-hybridized carbons (Fsp3) is 0.0667. The molecular weight excluding hydrogens is 256 g/mol. The number of ketones is 2. The number of hydrogen-bond acceptors (Lipinski definition) is 5. The van der Waals surface area contributed by atoms with Gasteiger partial charge in [-0.3, -0.25) is 9.59 Å². The van der Waals surface area contributed by atoms with Crippen LogP contribution in [0.1, 0.15) is 31.8 Å². The maximum Gasteiger partial charge on any atom is 0.200 e. The van der Waals surface area contributed by atoms with Gasteiger partial charge in [-0.2, -0.15) is 0 Å². The lowest BCUT2D eigenvalue weighted by atomic mass is 9.82. The molecular formula is C15H12N2O3. The summed E-state index contributed by atoms with van der Waals surface area (Å²) in [5.74, 6) is -0.288. The topological polar surface area (TPSA) is 95.4 Å². The number of fused-ring (bicyclic) bond motifs is 2. The van der Waals surface area contributed by atoms with Gasteiger partial charge in [-0.15, -0.1) is 0 Å². The van der Waals surface area contributed by atoms with Gasteiger partial charge < -0.3 is 16.2 Å². The Morgan fingerprint density at radius 2 is 1.45 bits per heavy atom. The van der Waals surface area contributed by atoms with E-state index in [1.807, 2.05) is 0 Å². The first kappa shape index (κ1) is 12.2. The molecule has 0 saturated heterocycles. The number of ether oxygens (including phenoxy) is 1. The predicted molar refractivity (Wildman–Crippen MR) is 75.1 cm³/mol. The van der Waals surface area contributed by atoms with Crippen molar-refractivity contribution in [3.05, 3.63) is 52.6 Å². The molecule has 5 nitrogen and oxygen atoms in total. The van der Waals surface area contributed by atoms with Crippen LogP contribution >= 0.6 is 0 Å². The summed E-state index contributed by atoms with van der Waals surface area (Å²) in [4.78, 5) is 25.2. The largest absolute Gasteiger partial charge is 0.496 e. The zero-order valence-electron chi connectivity index (χ0n) is 10.8. The van der Waals surface area contributed by atoms with Gasteiger partial charge >= 0.3 is 0 Å². The summed E-state index contributed by atoms with van der Waals surface area (Å²) in [5.41, 5.74) is 13.0. The molecule has 0 aromatic heterocycles. The standard InChI is InChI=1S/C15H12N2O3/c1-20-10-4-2-3-7-11(10)15(19)13-9(17)6-5-8(16)12(13)14(7)18/h2-6H,16-17H2,1H3. The molecule has 0 saturated carbocycles. The van der Waals surface area contributed by atoms with E-state index in [2.05, 4.69) is 0 Å². The van der Waals surface area contributed by atoms with Crippen LogP contribution < -0.4 is 16.2 Å². The maximum absolute atomic E-state index is 12.6. The Bertz CT molecular complexity index is 766. The Hall–Kier alpha value is -2.82. The molecule has 100 valence electrons. The highest BCUT2D eigenvalue weighted by atomic mass is 16.5. The number of anilines is 2. The quantitative estimate of drug-likeness (QED) is 0.654. The van der Waals surface area contributed by atoms with Crippen LogP contribution in [0.4, 0.5) is 11.4 Å². The van der Waals surface area contributed by atoms with Gasteiger partial charge in [0.1, 0.15) is 5.75 Å². The van der Waals surface area contributed by atoms with Crippen LogP contribution in [-0.4, -0.2) is 18.7 Å². The molecule has 2 aromatic carbocycles. The van der Waals surface area contributed by atoms with Gasteiger partial charge in [-0.05, 0) is 18.2 Å². The Morgan fingerprint density at radius 3 is 2.05 bits per heavy atom. The predicted octanol–water partition coefficient (Wildman–Crippen LogP) is 1.64. The normalized spacial score (nSPS) is 12.8. The molecule has 0 spiro atoms. The monoisotopic (exact) mass is 268 g/mol. The highest BCUT2D eigenvalue weighted by molar-refractivity contribution is 6.32. The molecule has 4 N–H and O–H groups in total. The number of carbonyl (C=O) groups excluding carboxylic acids is 2. The van der Waals surface area contributed by atoms with Gasteiger partial charge in [-0.25, -0.2) is 0 Å². The summed E-state index contributed by atoms with van der Waals surface area (Å²) < 4.78 is 5.17. The highest BCUT2D eigenvalue weighted by Gasteiger charge is 2.35. The number of nitrogen functional groups attached to an aromatic ring is 2. The summed E-state index contributed by atoms with van der Waals surface area (Å²) in [6, 6.07) is 7.95. The molecule has 0 unspecified atom stereocenters. The van der Waals surface area contributed by atoms with E-state index in [1.165, 1.54) is 19.2 Å². The lowest BCUT2D eigenvalue weighted by Gasteiger charge is -2.21. The molecule has 0 radical (unpaired) electrons. The minimum Gasteiger partial charge on any atom is -0.496 e. The molecule has 0 aliphatic heterocycles.